The lowest BCUT2D eigenvalue weighted by Gasteiger charge is -2.30. The lowest BCUT2D eigenvalue weighted by atomic mass is 9.98. The summed E-state index contributed by atoms with van der Waals surface area (Å²) in [5.74, 6) is 1.46. The fourth-order valence-corrected chi connectivity index (χ4v) is 3.60. The van der Waals surface area contributed by atoms with E-state index in [0.29, 0.717) is 24.4 Å². The molecule has 2 aromatic carbocycles. The van der Waals surface area contributed by atoms with E-state index in [1.54, 1.807) is 14.2 Å². The molecule has 5 nitrogen and oxygen atoms in total. The van der Waals surface area contributed by atoms with E-state index in [1.165, 1.54) is 5.56 Å². The van der Waals surface area contributed by atoms with E-state index < -0.39 is 0 Å². The number of carbonyl (C=O) groups excluding carboxylic acids is 1. The molecule has 27 heavy (non-hydrogen) atoms. The van der Waals surface area contributed by atoms with E-state index >= 15 is 0 Å². The summed E-state index contributed by atoms with van der Waals surface area (Å²) in [5.41, 5.74) is 3.91. The van der Waals surface area contributed by atoms with Crippen LogP contribution in [-0.2, 0) is 13.0 Å². The summed E-state index contributed by atoms with van der Waals surface area (Å²) in [4.78, 5) is 15.2. The number of hydrogen-bond donors (Lipinski definition) is 0. The molecule has 1 aliphatic heterocycles. The Balaban J connectivity index is 1.64. The second kappa shape index (κ2) is 7.19. The third kappa shape index (κ3) is 3.16. The van der Waals surface area contributed by atoms with Gasteiger partial charge in [-0.1, -0.05) is 12.1 Å². The van der Waals surface area contributed by atoms with Gasteiger partial charge >= 0.3 is 0 Å². The quantitative estimate of drug-likeness (QED) is 0.711. The first kappa shape index (κ1) is 17.2. The van der Waals surface area contributed by atoms with Gasteiger partial charge in [0.2, 0.25) is 0 Å². The molecule has 5 heteroatoms. The first-order valence-corrected chi connectivity index (χ1v) is 8.96. The van der Waals surface area contributed by atoms with Gasteiger partial charge in [0, 0.05) is 25.5 Å². The first-order valence-electron chi connectivity index (χ1n) is 8.96. The fraction of sp³-hybridized carbons (Fsp3) is 0.227. The Labute approximate surface area is 158 Å². The number of rotatable bonds is 4. The summed E-state index contributed by atoms with van der Waals surface area (Å²) < 4.78 is 12.8. The Kier molecular flexibility index (Phi) is 4.59. The zero-order chi connectivity index (χ0) is 18.8. The number of carbonyl (C=O) groups is 1. The number of fused-ring (bicyclic) bond motifs is 1. The lowest BCUT2D eigenvalue weighted by molar-refractivity contribution is 0.0734. The van der Waals surface area contributed by atoms with Crippen molar-refractivity contribution in [2.45, 2.75) is 13.0 Å². The monoisotopic (exact) mass is 362 g/mol. The minimum Gasteiger partial charge on any atom is -0.493 e. The van der Waals surface area contributed by atoms with Crippen LogP contribution in [0.2, 0.25) is 0 Å². The van der Waals surface area contributed by atoms with Crippen molar-refractivity contribution in [3.8, 4) is 17.2 Å². The molecule has 2 heterocycles. The highest BCUT2D eigenvalue weighted by Crippen LogP contribution is 2.33. The summed E-state index contributed by atoms with van der Waals surface area (Å²) in [6.07, 6.45) is 4.70. The lowest BCUT2D eigenvalue weighted by Crippen LogP contribution is -2.36. The van der Waals surface area contributed by atoms with Gasteiger partial charge in [0.05, 0.1) is 25.5 Å². The summed E-state index contributed by atoms with van der Waals surface area (Å²) in [5, 5.41) is 0. The van der Waals surface area contributed by atoms with Crippen LogP contribution in [0, 0.1) is 0 Å². The third-order valence-corrected chi connectivity index (χ3v) is 5.02. The maximum absolute atomic E-state index is 13.3. The molecular formula is C22H22N2O3. The van der Waals surface area contributed by atoms with Crippen LogP contribution in [0.1, 0.15) is 21.5 Å². The second-order valence-corrected chi connectivity index (χ2v) is 6.56. The van der Waals surface area contributed by atoms with Gasteiger partial charge < -0.3 is 18.9 Å². The standard InChI is InChI=1S/C22H22N2O3/c1-26-20-13-16-9-12-24(15-17(16)14-21(20)27-2)22(25)18-7-3-4-8-19(18)23-10-5-6-11-23/h3-8,10-11,13-14H,9,12,15H2,1-2H3. The molecule has 0 radical (unpaired) electrons. The minimum absolute atomic E-state index is 0.0414. The zero-order valence-electron chi connectivity index (χ0n) is 15.5. The topological polar surface area (TPSA) is 43.7 Å². The fourth-order valence-electron chi connectivity index (χ4n) is 3.60. The van der Waals surface area contributed by atoms with Crippen LogP contribution in [0.25, 0.3) is 5.69 Å². The Bertz CT molecular complexity index is 964. The van der Waals surface area contributed by atoms with Crippen LogP contribution in [0.3, 0.4) is 0 Å². The highest BCUT2D eigenvalue weighted by atomic mass is 16.5. The predicted molar refractivity (Wildman–Crippen MR) is 104 cm³/mol. The van der Waals surface area contributed by atoms with E-state index in [9.17, 15) is 4.79 Å². The molecule has 1 aliphatic rings. The summed E-state index contributed by atoms with van der Waals surface area (Å²) in [6.45, 7) is 1.25. The van der Waals surface area contributed by atoms with Crippen molar-refractivity contribution >= 4 is 5.91 Å². The number of ether oxygens (including phenoxy) is 2. The average molecular weight is 362 g/mol. The highest BCUT2D eigenvalue weighted by molar-refractivity contribution is 5.98. The molecule has 0 spiro atoms. The number of methoxy groups -OCH3 is 2. The van der Waals surface area contributed by atoms with Crippen molar-refractivity contribution < 1.29 is 14.3 Å². The first-order chi connectivity index (χ1) is 13.2. The molecule has 0 aliphatic carbocycles. The molecule has 4 rings (SSSR count). The van der Waals surface area contributed by atoms with Crippen molar-refractivity contribution in [1.29, 1.82) is 0 Å². The van der Waals surface area contributed by atoms with E-state index in [4.69, 9.17) is 9.47 Å². The highest BCUT2D eigenvalue weighted by Gasteiger charge is 2.25. The predicted octanol–water partition coefficient (Wildman–Crippen LogP) is 3.69. The van der Waals surface area contributed by atoms with E-state index in [2.05, 4.69) is 0 Å². The molecule has 0 fully saturated rings. The normalized spacial score (nSPS) is 13.2. The van der Waals surface area contributed by atoms with E-state index in [-0.39, 0.29) is 5.91 Å². The summed E-state index contributed by atoms with van der Waals surface area (Å²) in [7, 11) is 3.27. The molecule has 1 aromatic heterocycles. The van der Waals surface area contributed by atoms with Gasteiger partial charge in [-0.3, -0.25) is 4.79 Å². The molecule has 0 bridgehead atoms. The van der Waals surface area contributed by atoms with Crippen LogP contribution < -0.4 is 9.47 Å². The summed E-state index contributed by atoms with van der Waals surface area (Å²) in [6, 6.07) is 15.6. The van der Waals surface area contributed by atoms with Crippen molar-refractivity contribution in [2.24, 2.45) is 0 Å². The van der Waals surface area contributed by atoms with Crippen molar-refractivity contribution in [3.05, 3.63) is 77.6 Å². The number of aromatic nitrogens is 1. The number of nitrogens with zero attached hydrogens (tertiary/aromatic N) is 2. The molecule has 0 saturated carbocycles. The van der Waals surface area contributed by atoms with Gasteiger partial charge in [-0.05, 0) is 53.9 Å². The molecule has 138 valence electrons. The number of amides is 1. The number of para-hydroxylation sites is 1. The van der Waals surface area contributed by atoms with Crippen LogP contribution in [0.15, 0.2) is 60.9 Å². The Morgan fingerprint density at radius 1 is 0.926 bits per heavy atom. The van der Waals surface area contributed by atoms with Crippen LogP contribution in [0.4, 0.5) is 0 Å². The van der Waals surface area contributed by atoms with Gasteiger partial charge in [-0.25, -0.2) is 0 Å². The largest absolute Gasteiger partial charge is 0.493 e. The molecule has 0 saturated heterocycles. The second-order valence-electron chi connectivity index (χ2n) is 6.56. The smallest absolute Gasteiger partial charge is 0.256 e. The van der Waals surface area contributed by atoms with Crippen LogP contribution in [0.5, 0.6) is 11.5 Å². The van der Waals surface area contributed by atoms with Gasteiger partial charge in [0.15, 0.2) is 11.5 Å². The zero-order valence-corrected chi connectivity index (χ0v) is 15.5. The maximum atomic E-state index is 13.3. The van der Waals surface area contributed by atoms with E-state index in [0.717, 1.165) is 23.4 Å². The SMILES string of the molecule is COc1cc2c(cc1OC)CN(C(=O)c1ccccc1-n1cccc1)CC2. The minimum atomic E-state index is 0.0414. The molecule has 0 unspecified atom stereocenters. The maximum Gasteiger partial charge on any atom is 0.256 e. The Hall–Kier alpha value is -3.21. The van der Waals surface area contributed by atoms with E-state index in [1.807, 2.05) is 70.4 Å². The number of hydrogen-bond acceptors (Lipinski definition) is 3. The van der Waals surface area contributed by atoms with Crippen molar-refractivity contribution in [1.82, 2.24) is 9.47 Å². The van der Waals surface area contributed by atoms with Gasteiger partial charge in [-0.15, -0.1) is 0 Å². The van der Waals surface area contributed by atoms with Crippen molar-refractivity contribution in [2.75, 3.05) is 20.8 Å². The Morgan fingerprint density at radius 2 is 1.59 bits per heavy atom. The summed E-state index contributed by atoms with van der Waals surface area (Å²) >= 11 is 0. The molecule has 1 amide bonds. The Morgan fingerprint density at radius 3 is 2.30 bits per heavy atom. The van der Waals surface area contributed by atoms with Crippen LogP contribution in [-0.4, -0.2) is 36.1 Å². The molecular weight excluding hydrogens is 340 g/mol. The van der Waals surface area contributed by atoms with Gasteiger partial charge in [0.25, 0.3) is 5.91 Å². The van der Waals surface area contributed by atoms with Gasteiger partial charge in [-0.2, -0.15) is 0 Å². The third-order valence-electron chi connectivity index (χ3n) is 5.02. The molecule has 0 N–H and O–H groups in total. The molecule has 0 atom stereocenters. The number of benzene rings is 2. The molecule has 3 aromatic rings. The average Bonchev–Trinajstić information content (AvgIpc) is 3.26. The van der Waals surface area contributed by atoms with Crippen molar-refractivity contribution in [3.63, 3.8) is 0 Å². The van der Waals surface area contributed by atoms with Gasteiger partial charge in [0.1, 0.15) is 0 Å². The van der Waals surface area contributed by atoms with Crippen LogP contribution >= 0.6 is 0 Å².